The zero-order valence-electron chi connectivity index (χ0n) is 21.1. The molecule has 0 aromatic carbocycles. The summed E-state index contributed by atoms with van der Waals surface area (Å²) in [5, 5.41) is 22.6. The minimum Gasteiger partial charge on any atom is -0.481 e. The minimum absolute atomic E-state index is 0. The van der Waals surface area contributed by atoms with Crippen LogP contribution in [0.3, 0.4) is 0 Å². The first-order valence-electron chi connectivity index (χ1n) is 9.98. The van der Waals surface area contributed by atoms with Crippen molar-refractivity contribution in [2.24, 2.45) is 10.8 Å². The van der Waals surface area contributed by atoms with Crippen molar-refractivity contribution in [2.75, 3.05) is 14.1 Å². The molecule has 0 aliphatic carbocycles. The number of hydrogen-bond acceptors (Lipinski definition) is 4. The third-order valence-corrected chi connectivity index (χ3v) is 4.43. The van der Waals surface area contributed by atoms with Crippen molar-refractivity contribution >= 4 is 11.9 Å². The summed E-state index contributed by atoms with van der Waals surface area (Å²) in [6.07, 6.45) is 1.95. The summed E-state index contributed by atoms with van der Waals surface area (Å²) in [5.74, 6) is -1.56. The van der Waals surface area contributed by atoms with E-state index < -0.39 is 22.9 Å². The maximum Gasteiger partial charge on any atom is 0.323 e. The van der Waals surface area contributed by atoms with E-state index in [1.54, 1.807) is 34.7 Å². The lowest BCUT2D eigenvalue weighted by molar-refractivity contribution is -0.147. The number of likely N-dealkylation sites (N-methyl/N-ethyl adjacent to an activating group) is 1. The maximum absolute atomic E-state index is 10.3. The first-order chi connectivity index (χ1) is 12.1. The van der Waals surface area contributed by atoms with Crippen molar-refractivity contribution in [3.63, 3.8) is 0 Å². The molecule has 0 aliphatic rings. The Kier molecular flexibility index (Phi) is 22.1. The van der Waals surface area contributed by atoms with Crippen LogP contribution in [0, 0.1) is 10.8 Å². The molecule has 0 atom stereocenters. The molecule has 0 bridgehead atoms. The molecule has 0 aliphatic heterocycles. The zero-order valence-corrected chi connectivity index (χ0v) is 21.1. The lowest BCUT2D eigenvalue weighted by Gasteiger charge is -2.16. The Morgan fingerprint density at radius 1 is 0.690 bits per heavy atom. The molecular weight excluding hydrogens is 368 g/mol. The summed E-state index contributed by atoms with van der Waals surface area (Å²) < 4.78 is 0. The monoisotopic (exact) mass is 422 g/mol. The Morgan fingerprint density at radius 3 is 0.966 bits per heavy atom. The van der Waals surface area contributed by atoms with E-state index >= 15 is 0 Å². The standard InChI is InChI=1S/C6H12O2.C6H14.C5H11NO2.C5H13N.CH4/c1-4-6(2,3)5(7)8;1-5-6(2,3)4;1-5(2,6-3)4(7)8;1-5(2,3)6-4;/h4H2,1-3H3,(H,7,8);5H2,1-4H3;6H,1-3H3,(H,7,8);6H,1-4H3;1H4. The van der Waals surface area contributed by atoms with Gasteiger partial charge in [0.15, 0.2) is 0 Å². The van der Waals surface area contributed by atoms with Crippen molar-refractivity contribution in [1.82, 2.24) is 10.6 Å². The van der Waals surface area contributed by atoms with Gasteiger partial charge in [0.1, 0.15) is 5.54 Å². The summed E-state index contributed by atoms with van der Waals surface area (Å²) in [5.41, 5.74) is -0.500. The first kappa shape index (κ1) is 38.5. The van der Waals surface area contributed by atoms with Crippen LogP contribution in [0.5, 0.6) is 0 Å². The highest BCUT2D eigenvalue weighted by Gasteiger charge is 2.24. The highest BCUT2D eigenvalue weighted by atomic mass is 16.4. The van der Waals surface area contributed by atoms with Gasteiger partial charge in [-0.2, -0.15) is 0 Å². The molecular formula is C23H54N2O4. The van der Waals surface area contributed by atoms with E-state index in [1.165, 1.54) is 6.42 Å². The fourth-order valence-electron chi connectivity index (χ4n) is 0.258. The Balaban J connectivity index is -0.0000000881. The number of hydrogen-bond donors (Lipinski definition) is 4. The summed E-state index contributed by atoms with van der Waals surface area (Å²) in [6, 6.07) is 0. The Labute approximate surface area is 182 Å². The molecule has 0 spiro atoms. The number of rotatable bonds is 4. The van der Waals surface area contributed by atoms with Crippen molar-refractivity contribution in [3.05, 3.63) is 0 Å². The second-order valence-corrected chi connectivity index (χ2v) is 10.1. The number of carboxylic acid groups (broad SMARTS) is 2. The van der Waals surface area contributed by atoms with Gasteiger partial charge in [-0.15, -0.1) is 0 Å². The van der Waals surface area contributed by atoms with E-state index in [-0.39, 0.29) is 7.43 Å². The van der Waals surface area contributed by atoms with Crippen molar-refractivity contribution in [3.8, 4) is 0 Å². The second-order valence-electron chi connectivity index (χ2n) is 10.1. The summed E-state index contributed by atoms with van der Waals surface area (Å²) >= 11 is 0. The molecule has 0 saturated carbocycles. The maximum atomic E-state index is 10.3. The van der Waals surface area contributed by atoms with Gasteiger partial charge >= 0.3 is 11.9 Å². The molecule has 0 aromatic rings. The van der Waals surface area contributed by atoms with Gasteiger partial charge in [0.05, 0.1) is 5.41 Å². The highest BCUT2D eigenvalue weighted by Crippen LogP contribution is 2.18. The quantitative estimate of drug-likeness (QED) is 0.466. The molecule has 0 fully saturated rings. The average molecular weight is 423 g/mol. The van der Waals surface area contributed by atoms with Crippen LogP contribution in [-0.4, -0.2) is 47.3 Å². The van der Waals surface area contributed by atoms with Crippen molar-refractivity contribution in [1.29, 1.82) is 0 Å². The molecule has 0 saturated heterocycles. The Bertz CT molecular complexity index is 378. The van der Waals surface area contributed by atoms with Crippen molar-refractivity contribution in [2.45, 2.75) is 114 Å². The predicted molar refractivity (Wildman–Crippen MR) is 128 cm³/mol. The minimum atomic E-state index is -0.833. The van der Waals surface area contributed by atoms with E-state index in [0.717, 1.165) is 0 Å². The molecule has 29 heavy (non-hydrogen) atoms. The summed E-state index contributed by atoms with van der Waals surface area (Å²) in [4.78, 5) is 20.4. The van der Waals surface area contributed by atoms with Crippen LogP contribution < -0.4 is 10.6 Å². The van der Waals surface area contributed by atoms with Crippen LogP contribution in [-0.2, 0) is 9.59 Å². The van der Waals surface area contributed by atoms with E-state index in [4.69, 9.17) is 10.2 Å². The van der Waals surface area contributed by atoms with Crippen LogP contribution in [0.1, 0.15) is 103 Å². The van der Waals surface area contributed by atoms with Gasteiger partial charge in [0, 0.05) is 5.54 Å². The molecule has 0 aromatic heterocycles. The Morgan fingerprint density at radius 2 is 0.966 bits per heavy atom. The van der Waals surface area contributed by atoms with Crippen LogP contribution >= 0.6 is 0 Å². The zero-order chi connectivity index (χ0) is 24.0. The molecule has 0 heterocycles. The number of carboxylic acids is 2. The normalized spacial score (nSPS) is 11.2. The SMILES string of the molecule is C.CCC(C)(C)C.CCC(C)(C)C(=O)O.CNC(C)(C)C.CNC(C)(C)C(=O)O. The van der Waals surface area contributed by atoms with E-state index in [2.05, 4.69) is 59.1 Å². The predicted octanol–water partition coefficient (Wildman–Crippen LogP) is 5.66. The van der Waals surface area contributed by atoms with Gasteiger partial charge in [-0.25, -0.2) is 0 Å². The fourth-order valence-corrected chi connectivity index (χ4v) is 0.258. The second kappa shape index (κ2) is 16.6. The van der Waals surface area contributed by atoms with Crippen molar-refractivity contribution < 1.29 is 19.8 Å². The van der Waals surface area contributed by atoms with Gasteiger partial charge in [-0.05, 0) is 74.4 Å². The van der Waals surface area contributed by atoms with Gasteiger partial charge < -0.3 is 20.8 Å². The molecule has 6 nitrogen and oxygen atoms in total. The van der Waals surface area contributed by atoms with E-state index in [0.29, 0.717) is 17.4 Å². The van der Waals surface area contributed by atoms with Crippen LogP contribution in [0.2, 0.25) is 0 Å². The molecule has 0 rings (SSSR count). The number of aliphatic carboxylic acids is 2. The number of carbonyl (C=O) groups is 2. The first-order valence-corrected chi connectivity index (χ1v) is 9.98. The third kappa shape index (κ3) is 31.8. The lowest BCUT2D eigenvalue weighted by Crippen LogP contribution is -2.44. The molecule has 0 radical (unpaired) electrons. The largest absolute Gasteiger partial charge is 0.481 e. The molecule has 180 valence electrons. The van der Waals surface area contributed by atoms with Gasteiger partial charge in [0.25, 0.3) is 0 Å². The van der Waals surface area contributed by atoms with Gasteiger partial charge in [0.2, 0.25) is 0 Å². The molecule has 4 N–H and O–H groups in total. The van der Waals surface area contributed by atoms with Crippen LogP contribution in [0.4, 0.5) is 0 Å². The average Bonchev–Trinajstić information content (AvgIpc) is 2.55. The fraction of sp³-hybridized carbons (Fsp3) is 0.913. The Hall–Kier alpha value is -1.14. The van der Waals surface area contributed by atoms with E-state index in [1.807, 2.05) is 14.0 Å². The topological polar surface area (TPSA) is 98.7 Å². The van der Waals surface area contributed by atoms with Crippen LogP contribution in [0.15, 0.2) is 0 Å². The highest BCUT2D eigenvalue weighted by molar-refractivity contribution is 5.77. The van der Waals surface area contributed by atoms with Crippen LogP contribution in [0.25, 0.3) is 0 Å². The molecule has 0 amide bonds. The molecule has 0 unspecified atom stereocenters. The molecule has 6 heteroatoms. The lowest BCUT2D eigenvalue weighted by atomic mass is 9.91. The summed E-state index contributed by atoms with van der Waals surface area (Å²) in [6.45, 7) is 23.9. The third-order valence-electron chi connectivity index (χ3n) is 4.43. The summed E-state index contributed by atoms with van der Waals surface area (Å²) in [7, 11) is 3.58. The van der Waals surface area contributed by atoms with Gasteiger partial charge in [-0.3, -0.25) is 9.59 Å². The van der Waals surface area contributed by atoms with E-state index in [9.17, 15) is 9.59 Å². The van der Waals surface area contributed by atoms with Gasteiger partial charge in [-0.1, -0.05) is 48.5 Å². The number of nitrogens with one attached hydrogen (secondary N) is 2. The smallest absolute Gasteiger partial charge is 0.323 e.